The number of amides is 1. The van der Waals surface area contributed by atoms with Gasteiger partial charge < -0.3 is 14.5 Å². The van der Waals surface area contributed by atoms with E-state index in [1.807, 2.05) is 12.1 Å². The average molecular weight is 409 g/mol. The molecular formula is C19H15N5O4S. The fraction of sp³-hybridized carbons (Fsp3) is 0.105. The molecule has 0 aliphatic carbocycles. The molecule has 0 bridgehead atoms. The minimum absolute atomic E-state index is 0.123. The smallest absolute Gasteiger partial charge is 0.336 e. The number of carbonyl (C=O) groups is 1. The Morgan fingerprint density at radius 3 is 2.79 bits per heavy atom. The zero-order chi connectivity index (χ0) is 20.2. The number of nitrogens with zero attached hydrogens (tertiary/aromatic N) is 4. The highest BCUT2D eigenvalue weighted by Gasteiger charge is 2.12. The summed E-state index contributed by atoms with van der Waals surface area (Å²) in [5.74, 6) is 0.638. The first-order valence-electron chi connectivity index (χ1n) is 8.52. The molecule has 0 atom stereocenters. The van der Waals surface area contributed by atoms with Gasteiger partial charge in [0.2, 0.25) is 11.1 Å². The van der Waals surface area contributed by atoms with Crippen molar-refractivity contribution in [1.82, 2.24) is 20.2 Å². The number of thioether (sulfide) groups is 1. The lowest BCUT2D eigenvalue weighted by Gasteiger charge is -2.07. The summed E-state index contributed by atoms with van der Waals surface area (Å²) in [6, 6.07) is 15.3. The van der Waals surface area contributed by atoms with Gasteiger partial charge in [-0.15, -0.1) is 5.10 Å². The Morgan fingerprint density at radius 1 is 1.17 bits per heavy atom. The van der Waals surface area contributed by atoms with Crippen LogP contribution in [-0.2, 0) is 4.79 Å². The first-order chi connectivity index (χ1) is 14.1. The standard InChI is InChI=1S/C19H15N5O4S/c1-27-15-6-4-14(5-7-15)24-19(21-22-23-24)29-11-17(25)20-13-3-8-16-12(10-13)2-9-18(26)28-16/h2-10H,11H2,1H3,(H,20,25). The van der Waals surface area contributed by atoms with Gasteiger partial charge in [0.1, 0.15) is 11.3 Å². The third-order valence-electron chi connectivity index (χ3n) is 3.99. The van der Waals surface area contributed by atoms with E-state index in [1.54, 1.807) is 48.2 Å². The summed E-state index contributed by atoms with van der Waals surface area (Å²) < 4.78 is 11.8. The van der Waals surface area contributed by atoms with Crippen LogP contribution in [0.2, 0.25) is 0 Å². The van der Waals surface area contributed by atoms with Gasteiger partial charge in [0.05, 0.1) is 18.6 Å². The lowest BCUT2D eigenvalue weighted by molar-refractivity contribution is -0.113. The Kier molecular flexibility index (Phi) is 5.25. The third kappa shape index (κ3) is 4.27. The van der Waals surface area contributed by atoms with E-state index in [0.29, 0.717) is 16.4 Å². The number of aromatic nitrogens is 4. The van der Waals surface area contributed by atoms with Crippen LogP contribution in [-0.4, -0.2) is 39.0 Å². The van der Waals surface area contributed by atoms with Crippen LogP contribution in [0.3, 0.4) is 0 Å². The van der Waals surface area contributed by atoms with E-state index < -0.39 is 5.63 Å². The van der Waals surface area contributed by atoms with Gasteiger partial charge in [-0.05, 0) is 59.0 Å². The predicted molar refractivity (Wildman–Crippen MR) is 108 cm³/mol. The van der Waals surface area contributed by atoms with E-state index >= 15 is 0 Å². The van der Waals surface area contributed by atoms with Gasteiger partial charge in [-0.25, -0.2) is 4.79 Å². The van der Waals surface area contributed by atoms with Gasteiger partial charge in [-0.2, -0.15) is 4.68 Å². The Morgan fingerprint density at radius 2 is 2.00 bits per heavy atom. The fourth-order valence-corrected chi connectivity index (χ4v) is 3.32. The second kappa shape index (κ2) is 8.15. The van der Waals surface area contributed by atoms with Crippen molar-refractivity contribution in [1.29, 1.82) is 0 Å². The number of carbonyl (C=O) groups excluding carboxylic acids is 1. The number of rotatable bonds is 6. The van der Waals surface area contributed by atoms with E-state index in [2.05, 4.69) is 20.8 Å². The molecule has 0 unspecified atom stereocenters. The Balaban J connectivity index is 1.42. The molecule has 146 valence electrons. The molecule has 0 aliphatic rings. The first kappa shape index (κ1) is 18.7. The van der Waals surface area contributed by atoms with E-state index in [4.69, 9.17) is 9.15 Å². The lowest BCUT2D eigenvalue weighted by Crippen LogP contribution is -2.14. The maximum absolute atomic E-state index is 12.3. The molecule has 29 heavy (non-hydrogen) atoms. The number of methoxy groups -OCH3 is 1. The van der Waals surface area contributed by atoms with Crippen LogP contribution < -0.4 is 15.7 Å². The van der Waals surface area contributed by atoms with E-state index in [-0.39, 0.29) is 11.7 Å². The summed E-state index contributed by atoms with van der Waals surface area (Å²) in [6.07, 6.45) is 0. The second-order valence-corrected chi connectivity index (χ2v) is 6.86. The van der Waals surface area contributed by atoms with Crippen molar-refractivity contribution in [3.63, 3.8) is 0 Å². The highest BCUT2D eigenvalue weighted by Crippen LogP contribution is 2.21. The van der Waals surface area contributed by atoms with Gasteiger partial charge in [-0.3, -0.25) is 4.79 Å². The zero-order valence-electron chi connectivity index (χ0n) is 15.2. The van der Waals surface area contributed by atoms with Crippen LogP contribution in [0.15, 0.2) is 69.0 Å². The Bertz CT molecular complexity index is 1220. The molecule has 0 aliphatic heterocycles. The number of hydrogen-bond donors (Lipinski definition) is 1. The molecular weight excluding hydrogens is 394 g/mol. The zero-order valence-corrected chi connectivity index (χ0v) is 16.0. The molecule has 4 aromatic rings. The number of benzene rings is 2. The summed E-state index contributed by atoms with van der Waals surface area (Å²) in [7, 11) is 1.59. The van der Waals surface area contributed by atoms with Gasteiger partial charge in [0.25, 0.3) is 0 Å². The molecule has 0 radical (unpaired) electrons. The summed E-state index contributed by atoms with van der Waals surface area (Å²) in [4.78, 5) is 23.6. The minimum Gasteiger partial charge on any atom is -0.497 e. The highest BCUT2D eigenvalue weighted by molar-refractivity contribution is 7.99. The van der Waals surface area contributed by atoms with E-state index in [0.717, 1.165) is 16.8 Å². The van der Waals surface area contributed by atoms with Crippen molar-refractivity contribution in [3.05, 3.63) is 65.0 Å². The molecule has 10 heteroatoms. The SMILES string of the molecule is COc1ccc(-n2nnnc2SCC(=O)Nc2ccc3oc(=O)ccc3c2)cc1. The van der Waals surface area contributed by atoms with Crippen LogP contribution in [0.25, 0.3) is 16.7 Å². The topological polar surface area (TPSA) is 112 Å². The molecule has 2 aromatic carbocycles. The fourth-order valence-electron chi connectivity index (χ4n) is 2.63. The van der Waals surface area contributed by atoms with Gasteiger partial charge in [0.15, 0.2) is 0 Å². The molecule has 0 fully saturated rings. The van der Waals surface area contributed by atoms with Crippen molar-refractivity contribution in [2.24, 2.45) is 0 Å². The molecule has 0 spiro atoms. The van der Waals surface area contributed by atoms with Gasteiger partial charge in [-0.1, -0.05) is 11.8 Å². The molecule has 1 amide bonds. The summed E-state index contributed by atoms with van der Waals surface area (Å²) >= 11 is 1.22. The first-order valence-corrected chi connectivity index (χ1v) is 9.50. The number of ether oxygens (including phenoxy) is 1. The number of fused-ring (bicyclic) bond motifs is 1. The Labute approximate surface area is 168 Å². The normalized spacial score (nSPS) is 10.8. The number of nitrogens with one attached hydrogen (secondary N) is 1. The van der Waals surface area contributed by atoms with Crippen molar-refractivity contribution in [3.8, 4) is 11.4 Å². The summed E-state index contributed by atoms with van der Waals surface area (Å²) in [5.41, 5.74) is 1.41. The van der Waals surface area contributed by atoms with Crippen LogP contribution >= 0.6 is 11.8 Å². The maximum Gasteiger partial charge on any atom is 0.336 e. The van der Waals surface area contributed by atoms with E-state index in [1.165, 1.54) is 17.8 Å². The molecule has 1 N–H and O–H groups in total. The lowest BCUT2D eigenvalue weighted by atomic mass is 10.2. The molecule has 0 saturated carbocycles. The molecule has 0 saturated heterocycles. The van der Waals surface area contributed by atoms with E-state index in [9.17, 15) is 9.59 Å². The van der Waals surface area contributed by atoms with Crippen LogP contribution in [0, 0.1) is 0 Å². The van der Waals surface area contributed by atoms with Crippen LogP contribution in [0.5, 0.6) is 5.75 Å². The van der Waals surface area contributed by atoms with Crippen molar-refractivity contribution in [2.75, 3.05) is 18.2 Å². The van der Waals surface area contributed by atoms with Crippen LogP contribution in [0.4, 0.5) is 5.69 Å². The van der Waals surface area contributed by atoms with Crippen molar-refractivity contribution >= 4 is 34.3 Å². The monoisotopic (exact) mass is 409 g/mol. The molecule has 4 rings (SSSR count). The van der Waals surface area contributed by atoms with Crippen molar-refractivity contribution < 1.29 is 13.9 Å². The predicted octanol–water partition coefficient (Wildman–Crippen LogP) is 2.51. The van der Waals surface area contributed by atoms with Gasteiger partial charge >= 0.3 is 5.63 Å². The van der Waals surface area contributed by atoms with Crippen LogP contribution in [0.1, 0.15) is 0 Å². The quantitative estimate of drug-likeness (QED) is 0.382. The highest BCUT2D eigenvalue weighted by atomic mass is 32.2. The third-order valence-corrected chi connectivity index (χ3v) is 4.91. The summed E-state index contributed by atoms with van der Waals surface area (Å²) in [6.45, 7) is 0. The number of anilines is 1. The largest absolute Gasteiger partial charge is 0.497 e. The second-order valence-electron chi connectivity index (χ2n) is 5.92. The van der Waals surface area contributed by atoms with Crippen molar-refractivity contribution in [2.45, 2.75) is 5.16 Å². The number of hydrogen-bond acceptors (Lipinski definition) is 8. The van der Waals surface area contributed by atoms with Gasteiger partial charge in [0, 0.05) is 17.1 Å². The number of tetrazole rings is 1. The molecule has 9 nitrogen and oxygen atoms in total. The average Bonchev–Trinajstić information content (AvgIpc) is 3.21. The minimum atomic E-state index is -0.416. The molecule has 2 aromatic heterocycles. The molecule has 2 heterocycles. The maximum atomic E-state index is 12.3. The summed E-state index contributed by atoms with van der Waals surface area (Å²) in [5, 5.41) is 15.7. The Hall–Kier alpha value is -3.66.